The van der Waals surface area contributed by atoms with Gasteiger partial charge in [-0.2, -0.15) is 0 Å². The molecule has 1 rings (SSSR count). The number of nitrogens with two attached hydrogens (primary N) is 1. The van der Waals surface area contributed by atoms with Crippen molar-refractivity contribution in [2.75, 3.05) is 31.2 Å². The highest BCUT2D eigenvalue weighted by molar-refractivity contribution is 5.95. The highest BCUT2D eigenvalue weighted by atomic mass is 16.2. The molecule has 0 unspecified atom stereocenters. The molecule has 1 aromatic carbocycles. The number of rotatable bonds is 5. The lowest BCUT2D eigenvalue weighted by molar-refractivity contribution is -0.118. The molecular weight excluding hydrogens is 232 g/mol. The Morgan fingerprint density at radius 1 is 1.28 bits per heavy atom. The molecule has 0 saturated heterocycles. The first-order chi connectivity index (χ1) is 8.54. The molecule has 0 bridgehead atoms. The van der Waals surface area contributed by atoms with Crippen LogP contribution in [0.3, 0.4) is 0 Å². The van der Waals surface area contributed by atoms with Crippen LogP contribution < -0.4 is 21.7 Å². The standard InChI is InChI=1S/C12H18N4O2/c1-8(17)15-5-6-16-11-4-3-9(7-10(11)13)12(18)14-2/h3-4,7,16H,5-6,13H2,1-2H3,(H,14,18)(H,15,17). The molecule has 0 atom stereocenters. The third kappa shape index (κ3) is 3.97. The van der Waals surface area contributed by atoms with Crippen molar-refractivity contribution in [2.45, 2.75) is 6.92 Å². The summed E-state index contributed by atoms with van der Waals surface area (Å²) in [5.41, 5.74) is 7.58. The first-order valence-corrected chi connectivity index (χ1v) is 5.64. The molecule has 2 amide bonds. The maximum atomic E-state index is 11.4. The van der Waals surface area contributed by atoms with Crippen LogP contribution in [0.4, 0.5) is 11.4 Å². The van der Waals surface area contributed by atoms with Gasteiger partial charge in [0.25, 0.3) is 5.91 Å². The van der Waals surface area contributed by atoms with Gasteiger partial charge >= 0.3 is 0 Å². The number of amides is 2. The van der Waals surface area contributed by atoms with Gasteiger partial charge in [0, 0.05) is 32.6 Å². The molecule has 98 valence electrons. The van der Waals surface area contributed by atoms with E-state index in [1.165, 1.54) is 6.92 Å². The predicted octanol–water partition coefficient (Wildman–Crippen LogP) is 0.176. The van der Waals surface area contributed by atoms with Crippen molar-refractivity contribution in [3.05, 3.63) is 23.8 Å². The van der Waals surface area contributed by atoms with Crippen molar-refractivity contribution < 1.29 is 9.59 Å². The quantitative estimate of drug-likeness (QED) is 0.442. The fourth-order valence-corrected chi connectivity index (χ4v) is 1.44. The lowest BCUT2D eigenvalue weighted by Crippen LogP contribution is -2.26. The summed E-state index contributed by atoms with van der Waals surface area (Å²) < 4.78 is 0. The van der Waals surface area contributed by atoms with Gasteiger partial charge < -0.3 is 21.7 Å². The normalized spacial score (nSPS) is 9.67. The maximum absolute atomic E-state index is 11.4. The maximum Gasteiger partial charge on any atom is 0.251 e. The SMILES string of the molecule is CNC(=O)c1ccc(NCCNC(C)=O)c(N)c1. The van der Waals surface area contributed by atoms with Crippen LogP contribution in [0, 0.1) is 0 Å². The Kier molecular flexibility index (Phi) is 4.98. The summed E-state index contributed by atoms with van der Waals surface area (Å²) in [7, 11) is 1.57. The van der Waals surface area contributed by atoms with Crippen molar-refractivity contribution in [1.82, 2.24) is 10.6 Å². The molecule has 6 nitrogen and oxygen atoms in total. The van der Waals surface area contributed by atoms with Gasteiger partial charge in [0.05, 0.1) is 11.4 Å². The monoisotopic (exact) mass is 250 g/mol. The topological polar surface area (TPSA) is 96.2 Å². The van der Waals surface area contributed by atoms with Crippen molar-refractivity contribution in [1.29, 1.82) is 0 Å². The van der Waals surface area contributed by atoms with Crippen LogP contribution in [0.25, 0.3) is 0 Å². The average molecular weight is 250 g/mol. The molecule has 1 aromatic rings. The van der Waals surface area contributed by atoms with E-state index in [2.05, 4.69) is 16.0 Å². The van der Waals surface area contributed by atoms with Crippen molar-refractivity contribution in [2.24, 2.45) is 0 Å². The zero-order chi connectivity index (χ0) is 13.5. The molecule has 6 heteroatoms. The minimum atomic E-state index is -0.175. The van der Waals surface area contributed by atoms with Crippen molar-refractivity contribution >= 4 is 23.2 Å². The first kappa shape index (κ1) is 13.8. The summed E-state index contributed by atoms with van der Waals surface area (Å²) in [6.45, 7) is 2.56. The Bertz CT molecular complexity index is 446. The first-order valence-electron chi connectivity index (χ1n) is 5.64. The van der Waals surface area contributed by atoms with Crippen LogP contribution in [-0.4, -0.2) is 32.0 Å². The number of nitrogen functional groups attached to an aromatic ring is 1. The highest BCUT2D eigenvalue weighted by Crippen LogP contribution is 2.19. The molecule has 0 aliphatic rings. The second-order valence-electron chi connectivity index (χ2n) is 3.79. The Hall–Kier alpha value is -2.24. The molecule has 18 heavy (non-hydrogen) atoms. The molecule has 0 aliphatic carbocycles. The van der Waals surface area contributed by atoms with E-state index >= 15 is 0 Å². The summed E-state index contributed by atoms with van der Waals surface area (Å²) in [6, 6.07) is 5.04. The molecule has 0 spiro atoms. The van der Waals surface area contributed by atoms with Crippen LogP contribution in [0.5, 0.6) is 0 Å². The van der Waals surface area contributed by atoms with Gasteiger partial charge in [-0.1, -0.05) is 0 Å². The van der Waals surface area contributed by atoms with Crippen LogP contribution in [0.1, 0.15) is 17.3 Å². The fourth-order valence-electron chi connectivity index (χ4n) is 1.44. The van der Waals surface area contributed by atoms with E-state index in [4.69, 9.17) is 5.73 Å². The van der Waals surface area contributed by atoms with Gasteiger partial charge in [0.2, 0.25) is 5.91 Å². The fraction of sp³-hybridized carbons (Fsp3) is 0.333. The second-order valence-corrected chi connectivity index (χ2v) is 3.79. The van der Waals surface area contributed by atoms with Crippen LogP contribution in [0.15, 0.2) is 18.2 Å². The molecule has 0 saturated carbocycles. The Balaban J connectivity index is 2.57. The van der Waals surface area contributed by atoms with E-state index < -0.39 is 0 Å². The van der Waals surface area contributed by atoms with Crippen molar-refractivity contribution in [3.63, 3.8) is 0 Å². The zero-order valence-corrected chi connectivity index (χ0v) is 10.5. The summed E-state index contributed by atoms with van der Waals surface area (Å²) >= 11 is 0. The molecule has 0 aliphatic heterocycles. The number of carbonyl (C=O) groups excluding carboxylic acids is 2. The summed E-state index contributed by atoms with van der Waals surface area (Å²) in [6.07, 6.45) is 0. The van der Waals surface area contributed by atoms with Crippen molar-refractivity contribution in [3.8, 4) is 0 Å². The Morgan fingerprint density at radius 3 is 2.56 bits per heavy atom. The van der Waals surface area contributed by atoms with Crippen LogP contribution >= 0.6 is 0 Å². The molecule has 5 N–H and O–H groups in total. The van der Waals surface area contributed by atoms with E-state index in [1.54, 1.807) is 25.2 Å². The highest BCUT2D eigenvalue weighted by Gasteiger charge is 2.05. The van der Waals surface area contributed by atoms with Gasteiger partial charge in [0.15, 0.2) is 0 Å². The van der Waals surface area contributed by atoms with E-state index in [0.29, 0.717) is 24.3 Å². The van der Waals surface area contributed by atoms with Crippen LogP contribution in [-0.2, 0) is 4.79 Å². The zero-order valence-electron chi connectivity index (χ0n) is 10.5. The number of nitrogens with one attached hydrogen (secondary N) is 3. The number of hydrogen-bond donors (Lipinski definition) is 4. The third-order valence-electron chi connectivity index (χ3n) is 2.36. The molecule has 0 fully saturated rings. The van der Waals surface area contributed by atoms with E-state index in [-0.39, 0.29) is 11.8 Å². The lowest BCUT2D eigenvalue weighted by atomic mass is 10.1. The molecule has 0 radical (unpaired) electrons. The molecular formula is C12H18N4O2. The minimum absolute atomic E-state index is 0.0697. The Morgan fingerprint density at radius 2 is 2.00 bits per heavy atom. The summed E-state index contributed by atoms with van der Waals surface area (Å²) in [4.78, 5) is 22.0. The smallest absolute Gasteiger partial charge is 0.251 e. The number of carbonyl (C=O) groups is 2. The van der Waals surface area contributed by atoms with E-state index in [0.717, 1.165) is 5.69 Å². The number of anilines is 2. The largest absolute Gasteiger partial charge is 0.397 e. The second kappa shape index (κ2) is 6.48. The predicted molar refractivity (Wildman–Crippen MR) is 71.4 cm³/mol. The lowest BCUT2D eigenvalue weighted by Gasteiger charge is -2.10. The summed E-state index contributed by atoms with van der Waals surface area (Å²) in [5.74, 6) is -0.244. The molecule has 0 aromatic heterocycles. The van der Waals surface area contributed by atoms with Gasteiger partial charge in [-0.3, -0.25) is 9.59 Å². The van der Waals surface area contributed by atoms with Gasteiger partial charge in [0.1, 0.15) is 0 Å². The average Bonchev–Trinajstić information content (AvgIpc) is 2.34. The molecule has 0 heterocycles. The van der Waals surface area contributed by atoms with Gasteiger partial charge in [-0.25, -0.2) is 0 Å². The van der Waals surface area contributed by atoms with Gasteiger partial charge in [-0.05, 0) is 18.2 Å². The van der Waals surface area contributed by atoms with E-state index in [1.807, 2.05) is 0 Å². The minimum Gasteiger partial charge on any atom is -0.397 e. The van der Waals surface area contributed by atoms with Gasteiger partial charge in [-0.15, -0.1) is 0 Å². The number of benzene rings is 1. The number of hydrogen-bond acceptors (Lipinski definition) is 4. The summed E-state index contributed by atoms with van der Waals surface area (Å²) in [5, 5.41) is 8.28. The van der Waals surface area contributed by atoms with Crippen LogP contribution in [0.2, 0.25) is 0 Å². The van der Waals surface area contributed by atoms with E-state index in [9.17, 15) is 9.59 Å². The third-order valence-corrected chi connectivity index (χ3v) is 2.36. The Labute approximate surface area is 106 Å².